The van der Waals surface area contributed by atoms with Crippen LogP contribution in [0, 0.1) is 18.2 Å². The highest BCUT2D eigenvalue weighted by atomic mass is 35.5. The number of carbonyl (C=O) groups is 1. The van der Waals surface area contributed by atoms with Crippen molar-refractivity contribution in [2.24, 2.45) is 12.5 Å². The molecule has 152 valence electrons. The Morgan fingerprint density at radius 2 is 2.10 bits per heavy atom. The van der Waals surface area contributed by atoms with E-state index >= 15 is 0 Å². The van der Waals surface area contributed by atoms with Gasteiger partial charge in [0.2, 0.25) is 0 Å². The first-order valence-corrected chi connectivity index (χ1v) is 9.71. The zero-order valence-corrected chi connectivity index (χ0v) is 17.5. The van der Waals surface area contributed by atoms with Crippen molar-refractivity contribution in [3.05, 3.63) is 58.4 Å². The van der Waals surface area contributed by atoms with Crippen LogP contribution in [0.4, 0.5) is 4.39 Å². The lowest BCUT2D eigenvalue weighted by Gasteiger charge is -2.24. The molecule has 7 nitrogen and oxygen atoms in total. The van der Waals surface area contributed by atoms with Crippen molar-refractivity contribution in [1.82, 2.24) is 29.7 Å². The number of nitrogens with zero attached hydrogens (tertiary/aromatic N) is 6. The summed E-state index contributed by atoms with van der Waals surface area (Å²) in [6.07, 6.45) is 3.84. The summed E-state index contributed by atoms with van der Waals surface area (Å²) < 4.78 is 17.4. The van der Waals surface area contributed by atoms with Gasteiger partial charge in [-0.2, -0.15) is 5.10 Å². The van der Waals surface area contributed by atoms with Crippen LogP contribution in [-0.4, -0.2) is 48.7 Å². The maximum absolute atomic E-state index is 14.3. The Morgan fingerprint density at radius 3 is 2.76 bits per heavy atom. The lowest BCUT2D eigenvalue weighted by molar-refractivity contribution is 0.0771. The molecule has 0 N–H and O–H groups in total. The minimum atomic E-state index is -0.525. The normalized spacial score (nSPS) is 18.4. The molecule has 1 aliphatic rings. The highest BCUT2D eigenvalue weighted by molar-refractivity contribution is 6.30. The van der Waals surface area contributed by atoms with Crippen LogP contribution in [0.5, 0.6) is 0 Å². The third-order valence-electron chi connectivity index (χ3n) is 5.59. The molecule has 9 heteroatoms. The van der Waals surface area contributed by atoms with E-state index in [4.69, 9.17) is 11.6 Å². The van der Waals surface area contributed by atoms with E-state index in [0.29, 0.717) is 23.8 Å². The number of aromatic nitrogens is 5. The molecule has 3 heterocycles. The maximum atomic E-state index is 14.3. The van der Waals surface area contributed by atoms with Gasteiger partial charge in [0.05, 0.1) is 11.9 Å². The van der Waals surface area contributed by atoms with E-state index in [2.05, 4.69) is 29.3 Å². The molecule has 1 atom stereocenters. The van der Waals surface area contributed by atoms with E-state index in [0.717, 1.165) is 5.56 Å². The Kier molecular flexibility index (Phi) is 4.69. The SMILES string of the molecule is Cc1c(C(=O)N2CC(c3cnn(C)c3)C(C)(C)C2)nnn1-c1ccc(Cl)cc1F. The molecule has 1 aliphatic heterocycles. The number of carbonyl (C=O) groups excluding carboxylic acids is 1. The van der Waals surface area contributed by atoms with Crippen LogP contribution in [0.1, 0.15) is 41.5 Å². The third-order valence-corrected chi connectivity index (χ3v) is 5.83. The van der Waals surface area contributed by atoms with Gasteiger partial charge < -0.3 is 4.90 Å². The van der Waals surface area contributed by atoms with E-state index in [1.165, 1.54) is 16.8 Å². The number of benzene rings is 1. The number of aryl methyl sites for hydroxylation is 1. The lowest BCUT2D eigenvalue weighted by atomic mass is 9.79. The molecule has 1 amide bonds. The highest BCUT2D eigenvalue weighted by Crippen LogP contribution is 2.42. The Balaban J connectivity index is 1.62. The second-order valence-corrected chi connectivity index (χ2v) is 8.64. The molecular weight excluding hydrogens is 395 g/mol. The first-order valence-electron chi connectivity index (χ1n) is 9.33. The average molecular weight is 417 g/mol. The van der Waals surface area contributed by atoms with E-state index in [-0.39, 0.29) is 28.6 Å². The number of hydrogen-bond acceptors (Lipinski definition) is 4. The third kappa shape index (κ3) is 3.42. The Morgan fingerprint density at radius 1 is 1.34 bits per heavy atom. The van der Waals surface area contributed by atoms with Gasteiger partial charge in [-0.15, -0.1) is 5.10 Å². The molecule has 0 saturated carbocycles. The van der Waals surface area contributed by atoms with Gasteiger partial charge in [-0.25, -0.2) is 9.07 Å². The van der Waals surface area contributed by atoms with Gasteiger partial charge in [0.25, 0.3) is 5.91 Å². The summed E-state index contributed by atoms with van der Waals surface area (Å²) in [4.78, 5) is 15.0. The van der Waals surface area contributed by atoms with Crippen LogP contribution in [0.25, 0.3) is 5.69 Å². The molecule has 0 spiro atoms. The van der Waals surface area contributed by atoms with E-state index < -0.39 is 5.82 Å². The summed E-state index contributed by atoms with van der Waals surface area (Å²) in [5, 5.41) is 12.6. The fraction of sp³-hybridized carbons (Fsp3) is 0.400. The second kappa shape index (κ2) is 6.95. The first-order chi connectivity index (χ1) is 13.7. The van der Waals surface area contributed by atoms with Gasteiger partial charge in [0.1, 0.15) is 11.5 Å². The van der Waals surface area contributed by atoms with Crippen LogP contribution in [-0.2, 0) is 7.05 Å². The summed E-state index contributed by atoms with van der Waals surface area (Å²) in [6.45, 7) is 7.16. The predicted octanol–water partition coefficient (Wildman–Crippen LogP) is 3.37. The molecule has 3 aromatic rings. The molecule has 2 aromatic heterocycles. The van der Waals surface area contributed by atoms with Crippen molar-refractivity contribution >= 4 is 17.5 Å². The minimum absolute atomic E-state index is 0.106. The van der Waals surface area contributed by atoms with E-state index in [9.17, 15) is 9.18 Å². The summed E-state index contributed by atoms with van der Waals surface area (Å²) in [5.41, 5.74) is 1.91. The molecular formula is C20H22ClFN6O. The van der Waals surface area contributed by atoms with Crippen molar-refractivity contribution in [3.8, 4) is 5.69 Å². The largest absolute Gasteiger partial charge is 0.336 e. The lowest BCUT2D eigenvalue weighted by Crippen LogP contribution is -2.31. The van der Waals surface area contributed by atoms with Gasteiger partial charge in [-0.1, -0.05) is 30.7 Å². The molecule has 1 aromatic carbocycles. The van der Waals surface area contributed by atoms with Crippen LogP contribution < -0.4 is 0 Å². The van der Waals surface area contributed by atoms with Gasteiger partial charge in [-0.3, -0.25) is 9.48 Å². The standard InChI is InChI=1S/C20H22ClFN6O/c1-12-18(24-25-28(12)17-6-5-14(21)7-16(17)22)19(29)27-10-15(20(2,3)11-27)13-8-23-26(4)9-13/h5-9,15H,10-11H2,1-4H3. The van der Waals surface area contributed by atoms with Crippen LogP contribution >= 0.6 is 11.6 Å². The topological polar surface area (TPSA) is 68.8 Å². The van der Waals surface area contributed by atoms with Gasteiger partial charge in [0, 0.05) is 37.3 Å². The van der Waals surface area contributed by atoms with Crippen molar-refractivity contribution in [1.29, 1.82) is 0 Å². The Hall–Kier alpha value is -2.74. The zero-order chi connectivity index (χ0) is 20.9. The van der Waals surface area contributed by atoms with E-state index in [1.807, 2.05) is 19.4 Å². The molecule has 1 fully saturated rings. The van der Waals surface area contributed by atoms with Crippen molar-refractivity contribution < 1.29 is 9.18 Å². The minimum Gasteiger partial charge on any atom is -0.336 e. The highest BCUT2D eigenvalue weighted by Gasteiger charge is 2.43. The fourth-order valence-electron chi connectivity index (χ4n) is 4.02. The quantitative estimate of drug-likeness (QED) is 0.656. The predicted molar refractivity (Wildman–Crippen MR) is 107 cm³/mol. The Bertz CT molecular complexity index is 1090. The zero-order valence-electron chi connectivity index (χ0n) is 16.7. The number of rotatable bonds is 3. The number of amides is 1. The summed E-state index contributed by atoms with van der Waals surface area (Å²) in [7, 11) is 1.88. The molecule has 0 aliphatic carbocycles. The molecule has 0 bridgehead atoms. The smallest absolute Gasteiger partial charge is 0.276 e. The maximum Gasteiger partial charge on any atom is 0.276 e. The molecule has 29 heavy (non-hydrogen) atoms. The number of hydrogen-bond donors (Lipinski definition) is 0. The molecule has 1 unspecified atom stereocenters. The fourth-order valence-corrected chi connectivity index (χ4v) is 4.18. The van der Waals surface area contributed by atoms with Gasteiger partial charge >= 0.3 is 0 Å². The number of halogens is 2. The van der Waals surface area contributed by atoms with Crippen LogP contribution in [0.2, 0.25) is 5.02 Å². The summed E-state index contributed by atoms with van der Waals surface area (Å²) in [6, 6.07) is 4.30. The Labute approximate surface area is 173 Å². The van der Waals surface area contributed by atoms with Crippen LogP contribution in [0.15, 0.2) is 30.6 Å². The van der Waals surface area contributed by atoms with Gasteiger partial charge in [-0.05, 0) is 36.1 Å². The second-order valence-electron chi connectivity index (χ2n) is 8.21. The average Bonchev–Trinajstić information content (AvgIpc) is 3.32. The van der Waals surface area contributed by atoms with E-state index in [1.54, 1.807) is 22.6 Å². The van der Waals surface area contributed by atoms with Crippen molar-refractivity contribution in [2.45, 2.75) is 26.7 Å². The first kappa shape index (κ1) is 19.6. The summed E-state index contributed by atoms with van der Waals surface area (Å²) >= 11 is 5.83. The van der Waals surface area contributed by atoms with Crippen LogP contribution in [0.3, 0.4) is 0 Å². The molecule has 0 radical (unpaired) electrons. The molecule has 4 rings (SSSR count). The van der Waals surface area contributed by atoms with Crippen molar-refractivity contribution in [3.63, 3.8) is 0 Å². The molecule has 1 saturated heterocycles. The summed E-state index contributed by atoms with van der Waals surface area (Å²) in [5.74, 6) is -0.560. The van der Waals surface area contributed by atoms with Gasteiger partial charge in [0.15, 0.2) is 5.69 Å². The van der Waals surface area contributed by atoms with Crippen molar-refractivity contribution in [2.75, 3.05) is 13.1 Å². The number of likely N-dealkylation sites (tertiary alicyclic amines) is 1. The monoisotopic (exact) mass is 416 g/mol.